The summed E-state index contributed by atoms with van der Waals surface area (Å²) in [6.45, 7) is 3.83. The van der Waals surface area contributed by atoms with Crippen LogP contribution in [0.4, 0.5) is 0 Å². The number of rotatable bonds is 6. The Labute approximate surface area is 137 Å². The molecule has 3 heteroatoms. The Morgan fingerprint density at radius 1 is 1.26 bits per heavy atom. The molecule has 0 bridgehead atoms. The topological polar surface area (TPSA) is 38.3 Å². The van der Waals surface area contributed by atoms with E-state index in [0.29, 0.717) is 24.0 Å². The molecule has 3 rings (SSSR count). The molecule has 0 saturated carbocycles. The van der Waals surface area contributed by atoms with E-state index < -0.39 is 0 Å². The Balaban J connectivity index is 1.72. The monoisotopic (exact) mass is 309 g/mol. The van der Waals surface area contributed by atoms with Crippen molar-refractivity contribution in [3.63, 3.8) is 0 Å². The van der Waals surface area contributed by atoms with Gasteiger partial charge in [-0.3, -0.25) is 4.79 Å². The van der Waals surface area contributed by atoms with E-state index in [1.54, 1.807) is 0 Å². The fourth-order valence-electron chi connectivity index (χ4n) is 3.15. The Hall–Kier alpha value is -2.13. The summed E-state index contributed by atoms with van der Waals surface area (Å²) < 4.78 is 5.84. The minimum atomic E-state index is 0.556. The van der Waals surface area contributed by atoms with Crippen LogP contribution < -0.4 is 10.1 Å². The van der Waals surface area contributed by atoms with Crippen LogP contribution in [0.2, 0.25) is 0 Å². The van der Waals surface area contributed by atoms with Crippen molar-refractivity contribution in [3.8, 4) is 16.9 Å². The number of benzene rings is 2. The Morgan fingerprint density at radius 3 is 2.87 bits per heavy atom. The maximum Gasteiger partial charge on any atom is 0.153 e. The first-order valence-corrected chi connectivity index (χ1v) is 8.29. The van der Waals surface area contributed by atoms with Gasteiger partial charge in [0.15, 0.2) is 6.29 Å². The molecule has 1 heterocycles. The van der Waals surface area contributed by atoms with Gasteiger partial charge in [0.1, 0.15) is 5.75 Å². The maximum absolute atomic E-state index is 11.4. The average Bonchev–Trinajstić information content (AvgIpc) is 3.09. The largest absolute Gasteiger partial charge is 0.493 e. The molecule has 0 spiro atoms. The van der Waals surface area contributed by atoms with Gasteiger partial charge in [-0.25, -0.2) is 0 Å². The minimum Gasteiger partial charge on any atom is -0.493 e. The highest BCUT2D eigenvalue weighted by atomic mass is 16.5. The van der Waals surface area contributed by atoms with Crippen LogP contribution in [0.3, 0.4) is 0 Å². The third-order valence-corrected chi connectivity index (χ3v) is 4.48. The molecule has 1 unspecified atom stereocenters. The zero-order chi connectivity index (χ0) is 16.1. The molecule has 3 nitrogen and oxygen atoms in total. The molecule has 1 atom stereocenters. The third kappa shape index (κ3) is 3.80. The van der Waals surface area contributed by atoms with Gasteiger partial charge in [-0.05, 0) is 61.6 Å². The number of carbonyl (C=O) groups excluding carboxylic acids is 1. The fourth-order valence-corrected chi connectivity index (χ4v) is 3.15. The Bertz CT molecular complexity index is 675. The number of hydrogen-bond donors (Lipinski definition) is 1. The predicted octanol–water partition coefficient (Wildman–Crippen LogP) is 4.00. The number of nitrogens with one attached hydrogen (secondary N) is 1. The highest BCUT2D eigenvalue weighted by molar-refractivity contribution is 5.83. The summed E-state index contributed by atoms with van der Waals surface area (Å²) in [5.41, 5.74) is 4.02. The zero-order valence-electron chi connectivity index (χ0n) is 13.5. The minimum absolute atomic E-state index is 0.556. The molecular formula is C20H23NO2. The summed E-state index contributed by atoms with van der Waals surface area (Å²) in [5, 5.41) is 3.46. The van der Waals surface area contributed by atoms with Crippen molar-refractivity contribution in [3.05, 3.63) is 53.6 Å². The summed E-state index contributed by atoms with van der Waals surface area (Å²) in [6, 6.07) is 14.6. The molecule has 2 aromatic carbocycles. The van der Waals surface area contributed by atoms with Crippen molar-refractivity contribution >= 4 is 6.29 Å². The maximum atomic E-state index is 11.4. The number of aryl methyl sites for hydroxylation is 1. The first-order valence-electron chi connectivity index (χ1n) is 8.29. The van der Waals surface area contributed by atoms with Crippen LogP contribution in [-0.4, -0.2) is 25.5 Å². The summed E-state index contributed by atoms with van der Waals surface area (Å²) in [7, 11) is 0. The third-order valence-electron chi connectivity index (χ3n) is 4.48. The van der Waals surface area contributed by atoms with E-state index in [9.17, 15) is 4.79 Å². The van der Waals surface area contributed by atoms with E-state index in [-0.39, 0.29) is 0 Å². The lowest BCUT2D eigenvalue weighted by Crippen LogP contribution is -2.23. The van der Waals surface area contributed by atoms with E-state index in [1.807, 2.05) is 30.3 Å². The van der Waals surface area contributed by atoms with Crippen molar-refractivity contribution in [2.45, 2.75) is 32.2 Å². The van der Waals surface area contributed by atoms with Crippen LogP contribution in [0.5, 0.6) is 5.75 Å². The van der Waals surface area contributed by atoms with Gasteiger partial charge < -0.3 is 10.1 Å². The van der Waals surface area contributed by atoms with Crippen molar-refractivity contribution in [2.24, 2.45) is 0 Å². The lowest BCUT2D eigenvalue weighted by Gasteiger charge is -2.13. The number of carbonyl (C=O) groups is 1. The van der Waals surface area contributed by atoms with Crippen LogP contribution in [0.25, 0.3) is 11.1 Å². The van der Waals surface area contributed by atoms with Crippen LogP contribution in [0.1, 0.15) is 35.2 Å². The Morgan fingerprint density at radius 2 is 2.13 bits per heavy atom. The highest BCUT2D eigenvalue weighted by Crippen LogP contribution is 2.28. The molecule has 0 amide bonds. The van der Waals surface area contributed by atoms with Crippen molar-refractivity contribution in [2.75, 3.05) is 13.2 Å². The van der Waals surface area contributed by atoms with E-state index in [4.69, 9.17) is 4.74 Å². The van der Waals surface area contributed by atoms with Gasteiger partial charge in [-0.15, -0.1) is 0 Å². The summed E-state index contributed by atoms with van der Waals surface area (Å²) in [5.74, 6) is 0.676. The molecule has 0 aliphatic carbocycles. The van der Waals surface area contributed by atoms with Gasteiger partial charge in [0.2, 0.25) is 0 Å². The molecule has 1 aliphatic heterocycles. The summed E-state index contributed by atoms with van der Waals surface area (Å²) >= 11 is 0. The van der Waals surface area contributed by atoms with Crippen LogP contribution >= 0.6 is 0 Å². The SMILES string of the molecule is Cc1ccccc1-c1ccc(OCCC2CCCN2)c(C=O)c1. The van der Waals surface area contributed by atoms with Gasteiger partial charge >= 0.3 is 0 Å². The standard InChI is InChI=1S/C20H23NO2/c1-15-5-2-3-7-19(15)16-8-9-20(17(13-16)14-22)23-12-10-18-6-4-11-21-18/h2-3,5,7-9,13-14,18,21H,4,6,10-12H2,1H3. The van der Waals surface area contributed by atoms with Gasteiger partial charge in [-0.1, -0.05) is 30.3 Å². The highest BCUT2D eigenvalue weighted by Gasteiger charge is 2.14. The van der Waals surface area contributed by atoms with Gasteiger partial charge in [0.05, 0.1) is 12.2 Å². The van der Waals surface area contributed by atoms with E-state index in [2.05, 4.69) is 24.4 Å². The Kier molecular flexibility index (Phi) is 5.09. The quantitative estimate of drug-likeness (QED) is 0.820. The molecule has 2 aromatic rings. The number of aldehydes is 1. The first kappa shape index (κ1) is 15.8. The van der Waals surface area contributed by atoms with Crippen LogP contribution in [0.15, 0.2) is 42.5 Å². The van der Waals surface area contributed by atoms with Crippen molar-refractivity contribution in [1.29, 1.82) is 0 Å². The van der Waals surface area contributed by atoms with E-state index >= 15 is 0 Å². The lowest BCUT2D eigenvalue weighted by atomic mass is 9.99. The first-order chi connectivity index (χ1) is 11.3. The number of ether oxygens (including phenoxy) is 1. The molecule has 1 aliphatic rings. The van der Waals surface area contributed by atoms with Gasteiger partial charge in [-0.2, -0.15) is 0 Å². The van der Waals surface area contributed by atoms with Crippen LogP contribution in [-0.2, 0) is 0 Å². The smallest absolute Gasteiger partial charge is 0.153 e. The normalized spacial score (nSPS) is 17.2. The van der Waals surface area contributed by atoms with Crippen molar-refractivity contribution < 1.29 is 9.53 Å². The molecule has 23 heavy (non-hydrogen) atoms. The zero-order valence-corrected chi connectivity index (χ0v) is 13.5. The predicted molar refractivity (Wildman–Crippen MR) is 93.1 cm³/mol. The van der Waals surface area contributed by atoms with Crippen LogP contribution in [0, 0.1) is 6.92 Å². The average molecular weight is 309 g/mol. The molecule has 1 saturated heterocycles. The summed E-state index contributed by atoms with van der Waals surface area (Å²) in [4.78, 5) is 11.4. The second kappa shape index (κ2) is 7.42. The molecule has 0 aromatic heterocycles. The van der Waals surface area contributed by atoms with Crippen molar-refractivity contribution in [1.82, 2.24) is 5.32 Å². The fraction of sp³-hybridized carbons (Fsp3) is 0.350. The molecule has 1 N–H and O–H groups in total. The molecular weight excluding hydrogens is 286 g/mol. The van der Waals surface area contributed by atoms with Gasteiger partial charge in [0, 0.05) is 6.04 Å². The molecule has 1 fully saturated rings. The second-order valence-electron chi connectivity index (χ2n) is 6.12. The molecule has 120 valence electrons. The number of hydrogen-bond acceptors (Lipinski definition) is 3. The summed E-state index contributed by atoms with van der Waals surface area (Å²) in [6.07, 6.45) is 4.33. The van der Waals surface area contributed by atoms with E-state index in [0.717, 1.165) is 30.4 Å². The van der Waals surface area contributed by atoms with Gasteiger partial charge in [0.25, 0.3) is 0 Å². The second-order valence-corrected chi connectivity index (χ2v) is 6.12. The lowest BCUT2D eigenvalue weighted by molar-refractivity contribution is 0.111. The van der Waals surface area contributed by atoms with E-state index in [1.165, 1.54) is 18.4 Å². The molecule has 0 radical (unpaired) electrons.